The van der Waals surface area contributed by atoms with Crippen molar-refractivity contribution in [1.82, 2.24) is 10.4 Å². The number of primary amides is 1. The van der Waals surface area contributed by atoms with Crippen molar-refractivity contribution < 1.29 is 50.6 Å². The van der Waals surface area contributed by atoms with Crippen LogP contribution in [0.1, 0.15) is 0 Å². The Hall–Kier alpha value is -1.97. The zero-order chi connectivity index (χ0) is 19.3. The highest BCUT2D eigenvalue weighted by Gasteiger charge is 2.75. The molecule has 3 N–H and O–H groups in total. The third kappa shape index (κ3) is 3.92. The summed E-state index contributed by atoms with van der Waals surface area (Å²) in [6, 6.07) is -1.12. The van der Waals surface area contributed by atoms with Crippen LogP contribution in [0, 0.1) is 0 Å². The van der Waals surface area contributed by atoms with Crippen molar-refractivity contribution in [1.29, 1.82) is 0 Å². The van der Waals surface area contributed by atoms with Crippen LogP contribution in [0.5, 0.6) is 0 Å². The van der Waals surface area contributed by atoms with E-state index < -0.39 is 36.7 Å². The average molecular weight is 364 g/mol. The topological polar surface area (TPSA) is 129 Å². The van der Waals surface area contributed by atoms with Gasteiger partial charge in [0.25, 0.3) is 0 Å². The number of hydrazine groups is 1. The lowest BCUT2D eigenvalue weighted by Crippen LogP contribution is -2.61. The van der Waals surface area contributed by atoms with Gasteiger partial charge in [-0.25, -0.2) is 10.2 Å². The molecule has 0 aliphatic carbocycles. The van der Waals surface area contributed by atoms with Gasteiger partial charge in [-0.15, -0.1) is 0 Å². The number of nitrogens with two attached hydrogens (primary N) is 1. The van der Waals surface area contributed by atoms with Crippen LogP contribution in [0.4, 0.5) is 22.1 Å². The summed E-state index contributed by atoms with van der Waals surface area (Å²) in [4.78, 5) is 35.2. The molecule has 0 aromatic rings. The Balaban J connectivity index is 0.000000922. The number of imide groups is 1. The number of nitrogens with one attached hydrogen (secondary N) is 1. The van der Waals surface area contributed by atoms with Crippen molar-refractivity contribution in [3.63, 3.8) is 0 Å². The Morgan fingerprint density at radius 3 is 1.38 bits per heavy atom. The van der Waals surface area contributed by atoms with Gasteiger partial charge in [0.2, 0.25) is 0 Å². The summed E-state index contributed by atoms with van der Waals surface area (Å²) in [7, 11) is -1.52. The minimum absolute atomic E-state index is 0.322. The smallest absolute Gasteiger partial charge is 0.418 e. The minimum atomic E-state index is -6.00. The van der Waals surface area contributed by atoms with E-state index in [2.05, 4.69) is 0 Å². The van der Waals surface area contributed by atoms with Crippen LogP contribution < -0.4 is 11.2 Å². The second-order valence-corrected chi connectivity index (χ2v) is 3.97. The predicted octanol–water partition coefficient (Wildman–Crippen LogP) is -0.783. The molecule has 0 aromatic heterocycles. The van der Waals surface area contributed by atoms with Crippen LogP contribution in [-0.2, 0) is 28.5 Å². The molecule has 140 valence electrons. The van der Waals surface area contributed by atoms with Gasteiger partial charge in [-0.2, -0.15) is 5.01 Å². The van der Waals surface area contributed by atoms with Gasteiger partial charge in [0.05, 0.1) is 0 Å². The second-order valence-electron chi connectivity index (χ2n) is 3.97. The first-order valence-electron chi connectivity index (χ1n) is 5.89. The van der Waals surface area contributed by atoms with Crippen molar-refractivity contribution in [3.8, 4) is 0 Å². The molecular weight excluding hydrogens is 349 g/mol. The van der Waals surface area contributed by atoms with Gasteiger partial charge in [0, 0.05) is 28.4 Å². The Bertz CT molecular complexity index is 460. The van der Waals surface area contributed by atoms with Crippen LogP contribution in [0.25, 0.3) is 0 Å². The van der Waals surface area contributed by atoms with Crippen LogP contribution in [-0.4, -0.2) is 70.1 Å². The molecule has 0 radical (unpaired) electrons. The van der Waals surface area contributed by atoms with E-state index in [4.69, 9.17) is 24.7 Å². The molecule has 10 nitrogen and oxygen atoms in total. The molecule has 0 atom stereocenters. The number of carbonyl (C=O) groups excluding carboxylic acids is 3. The van der Waals surface area contributed by atoms with Crippen molar-refractivity contribution in [3.05, 3.63) is 0 Å². The summed E-state index contributed by atoms with van der Waals surface area (Å²) in [5, 5.41) is 0.322. The molecule has 1 heterocycles. The van der Waals surface area contributed by atoms with Gasteiger partial charge in [0.1, 0.15) is 0 Å². The molecule has 0 spiro atoms. The van der Waals surface area contributed by atoms with Gasteiger partial charge in [-0.1, -0.05) is 0 Å². The zero-order valence-electron chi connectivity index (χ0n) is 13.0. The number of hydrogen-bond donors (Lipinski definition) is 2. The highest BCUT2D eigenvalue weighted by molar-refractivity contribution is 6.50. The fourth-order valence-electron chi connectivity index (χ4n) is 1.93. The second kappa shape index (κ2) is 7.74. The van der Waals surface area contributed by atoms with Gasteiger partial charge in [-0.3, -0.25) is 9.59 Å². The molecular formula is C9H15BF4N3O7-. The lowest BCUT2D eigenvalue weighted by Gasteiger charge is -2.35. The van der Waals surface area contributed by atoms with E-state index in [1.165, 1.54) is 0 Å². The number of carbonyl (C=O) groups is 3. The first kappa shape index (κ1) is 22.0. The van der Waals surface area contributed by atoms with Crippen LogP contribution in [0.3, 0.4) is 0 Å². The van der Waals surface area contributed by atoms with E-state index in [0.717, 1.165) is 28.4 Å². The summed E-state index contributed by atoms with van der Waals surface area (Å²) in [6.07, 6.45) is 0. The quantitative estimate of drug-likeness (QED) is 0.283. The fraction of sp³-hybridized carbons (Fsp3) is 0.667. The van der Waals surface area contributed by atoms with Crippen molar-refractivity contribution >= 4 is 25.1 Å². The summed E-state index contributed by atoms with van der Waals surface area (Å²) in [5.41, 5.74) is 6.72. The summed E-state index contributed by atoms with van der Waals surface area (Å²) < 4.78 is 58.9. The van der Waals surface area contributed by atoms with E-state index in [0.29, 0.717) is 5.01 Å². The average Bonchev–Trinajstić information content (AvgIpc) is 2.63. The maximum atomic E-state index is 12.2. The molecule has 0 aromatic carbocycles. The van der Waals surface area contributed by atoms with Crippen molar-refractivity contribution in [2.45, 2.75) is 11.6 Å². The molecule has 15 heteroatoms. The normalized spacial score (nSPS) is 18.9. The van der Waals surface area contributed by atoms with Crippen molar-refractivity contribution in [2.75, 3.05) is 28.4 Å². The van der Waals surface area contributed by atoms with Crippen LogP contribution in [0.2, 0.25) is 0 Å². The summed E-state index contributed by atoms with van der Waals surface area (Å²) in [5.74, 6) is -6.47. The number of nitrogens with zero attached hydrogens (tertiary/aromatic N) is 1. The summed E-state index contributed by atoms with van der Waals surface area (Å²) in [6.45, 7) is 0. The number of amides is 4. The monoisotopic (exact) mass is 364 g/mol. The van der Waals surface area contributed by atoms with Gasteiger partial charge >= 0.3 is 36.7 Å². The molecule has 0 saturated carbocycles. The SMILES string of the molecule is COC1(OC)C(=O)N(NC(N)=O)C(=O)C1(OC)OC.F[B-](F)(F)F. The third-order valence-electron chi connectivity index (χ3n) is 2.77. The fourth-order valence-corrected chi connectivity index (χ4v) is 1.93. The molecule has 1 aliphatic rings. The molecule has 1 rings (SSSR count). The van der Waals surface area contributed by atoms with E-state index >= 15 is 0 Å². The number of hydrogen-bond acceptors (Lipinski definition) is 7. The predicted molar refractivity (Wildman–Crippen MR) is 68.3 cm³/mol. The number of halogens is 4. The van der Waals surface area contributed by atoms with E-state index in [-0.39, 0.29) is 0 Å². The van der Waals surface area contributed by atoms with E-state index in [1.807, 2.05) is 5.43 Å². The number of ether oxygens (including phenoxy) is 4. The zero-order valence-corrected chi connectivity index (χ0v) is 13.0. The lowest BCUT2D eigenvalue weighted by molar-refractivity contribution is -0.340. The highest BCUT2D eigenvalue weighted by Crippen LogP contribution is 2.39. The molecule has 4 amide bonds. The van der Waals surface area contributed by atoms with E-state index in [1.54, 1.807) is 0 Å². The molecule has 24 heavy (non-hydrogen) atoms. The highest BCUT2D eigenvalue weighted by atomic mass is 19.5. The Morgan fingerprint density at radius 1 is 0.958 bits per heavy atom. The Morgan fingerprint density at radius 2 is 1.21 bits per heavy atom. The maximum Gasteiger partial charge on any atom is 0.673 e. The van der Waals surface area contributed by atoms with Gasteiger partial charge in [0.15, 0.2) is 0 Å². The molecule has 0 unspecified atom stereocenters. The maximum absolute atomic E-state index is 12.2. The van der Waals surface area contributed by atoms with Gasteiger partial charge in [-0.05, 0) is 0 Å². The standard InChI is InChI=1S/C9H15N3O7.BF4/c1-16-8(17-2)5(13)12(11-7(10)15)6(14)9(8,18-3)19-4;2-1(3,4)5/h1-4H3,(H3,10,11,15);/q;-1. The molecule has 0 bridgehead atoms. The molecule has 1 fully saturated rings. The lowest BCUT2D eigenvalue weighted by atomic mass is 10.1. The van der Waals surface area contributed by atoms with Crippen LogP contribution >= 0.6 is 0 Å². The van der Waals surface area contributed by atoms with Crippen molar-refractivity contribution in [2.24, 2.45) is 5.73 Å². The summed E-state index contributed by atoms with van der Waals surface area (Å²) >= 11 is 0. The third-order valence-corrected chi connectivity index (χ3v) is 2.77. The molecule has 1 aliphatic heterocycles. The Labute approximate surface area is 133 Å². The largest absolute Gasteiger partial charge is 0.673 e. The minimum Gasteiger partial charge on any atom is -0.418 e. The molecule has 1 saturated heterocycles. The van der Waals surface area contributed by atoms with E-state index in [9.17, 15) is 31.6 Å². The first-order chi connectivity index (χ1) is 10.9. The number of methoxy groups -OCH3 is 4. The number of rotatable bonds is 5. The Kier molecular flexibility index (Phi) is 7.10. The number of urea groups is 1. The van der Waals surface area contributed by atoms with Crippen LogP contribution in [0.15, 0.2) is 0 Å². The first-order valence-corrected chi connectivity index (χ1v) is 5.89. The van der Waals surface area contributed by atoms with Gasteiger partial charge < -0.3 is 41.9 Å².